The number of phenols is 1. The van der Waals surface area contributed by atoms with Crippen molar-refractivity contribution in [1.82, 2.24) is 9.78 Å². The number of amides is 1. The van der Waals surface area contributed by atoms with Crippen LogP contribution in [0.2, 0.25) is 0 Å². The molecule has 6 nitrogen and oxygen atoms in total. The summed E-state index contributed by atoms with van der Waals surface area (Å²) in [5.74, 6) is -7.94. The van der Waals surface area contributed by atoms with Gasteiger partial charge < -0.3 is 10.4 Å². The molecule has 0 spiro atoms. The second-order valence-corrected chi connectivity index (χ2v) is 4.01. The monoisotopic (exact) mass is 296 g/mol. The van der Waals surface area contributed by atoms with Crippen molar-refractivity contribution in [3.8, 4) is 11.8 Å². The maximum atomic E-state index is 13.6. The Morgan fingerprint density at radius 3 is 2.71 bits per heavy atom. The molecule has 0 saturated carbocycles. The summed E-state index contributed by atoms with van der Waals surface area (Å²) in [6.07, 6.45) is 1.30. The van der Waals surface area contributed by atoms with E-state index in [2.05, 4.69) is 10.4 Å². The van der Waals surface area contributed by atoms with Crippen molar-refractivity contribution < 1.29 is 23.1 Å². The number of nitrogens with one attached hydrogen (secondary N) is 1. The molecular weight excluding hydrogens is 289 g/mol. The Morgan fingerprint density at radius 2 is 2.10 bits per heavy atom. The smallest absolute Gasteiger partial charge is 0.260 e. The molecule has 21 heavy (non-hydrogen) atoms. The van der Waals surface area contributed by atoms with Crippen LogP contribution in [0.1, 0.15) is 15.9 Å². The van der Waals surface area contributed by atoms with Crippen molar-refractivity contribution in [2.45, 2.75) is 0 Å². The van der Waals surface area contributed by atoms with Crippen molar-refractivity contribution in [3.63, 3.8) is 0 Å². The number of nitrogens with zero attached hydrogens (tertiary/aromatic N) is 3. The van der Waals surface area contributed by atoms with Gasteiger partial charge in [-0.05, 0) is 6.07 Å². The standard InChI is InChI=1S/C12H7F3N4O2/c1-19-4-5(3-16)11(18-19)17-12(21)6-2-7(13)9(15)10(20)8(6)14/h2,4,20H,1H3,(H,17,18,21). The van der Waals surface area contributed by atoms with Crippen molar-refractivity contribution in [1.29, 1.82) is 5.26 Å². The maximum Gasteiger partial charge on any atom is 0.260 e. The summed E-state index contributed by atoms with van der Waals surface area (Å²) >= 11 is 0. The fourth-order valence-electron chi connectivity index (χ4n) is 1.59. The molecule has 2 aromatic rings. The number of carbonyl (C=O) groups excluding carboxylic acids is 1. The lowest BCUT2D eigenvalue weighted by Crippen LogP contribution is -2.16. The fourth-order valence-corrected chi connectivity index (χ4v) is 1.59. The summed E-state index contributed by atoms with van der Waals surface area (Å²) < 4.78 is 40.8. The summed E-state index contributed by atoms with van der Waals surface area (Å²) in [5, 5.41) is 23.7. The van der Waals surface area contributed by atoms with Crippen molar-refractivity contribution >= 4 is 11.7 Å². The van der Waals surface area contributed by atoms with E-state index in [1.165, 1.54) is 17.9 Å². The quantitative estimate of drug-likeness (QED) is 0.825. The minimum atomic E-state index is -1.79. The van der Waals surface area contributed by atoms with Crippen LogP contribution in [0.5, 0.6) is 5.75 Å². The Kier molecular flexibility index (Phi) is 3.54. The second kappa shape index (κ2) is 5.16. The zero-order valence-electron chi connectivity index (χ0n) is 10.5. The molecule has 0 aliphatic rings. The average molecular weight is 296 g/mol. The molecule has 1 aromatic heterocycles. The Labute approximate surface area is 116 Å². The molecule has 0 saturated heterocycles. The number of nitriles is 1. The largest absolute Gasteiger partial charge is 0.503 e. The number of aromatic hydroxyl groups is 1. The van der Waals surface area contributed by atoms with Crippen LogP contribution in [0.25, 0.3) is 0 Å². The Balaban J connectivity index is 2.40. The molecule has 0 aliphatic heterocycles. The van der Waals surface area contributed by atoms with Gasteiger partial charge in [-0.15, -0.1) is 0 Å². The summed E-state index contributed by atoms with van der Waals surface area (Å²) in [7, 11) is 1.49. The summed E-state index contributed by atoms with van der Waals surface area (Å²) in [5.41, 5.74) is -0.918. The van der Waals surface area contributed by atoms with Crippen LogP contribution in [0, 0.1) is 28.8 Å². The third-order valence-electron chi connectivity index (χ3n) is 2.56. The lowest BCUT2D eigenvalue weighted by molar-refractivity contribution is 0.102. The zero-order valence-corrected chi connectivity index (χ0v) is 10.5. The minimum absolute atomic E-state index is 0.00179. The lowest BCUT2D eigenvalue weighted by atomic mass is 10.1. The number of rotatable bonds is 2. The molecule has 9 heteroatoms. The Bertz CT molecular complexity index is 780. The van der Waals surface area contributed by atoms with E-state index < -0.39 is 34.7 Å². The number of anilines is 1. The SMILES string of the molecule is Cn1cc(C#N)c(NC(=O)c2cc(F)c(F)c(O)c2F)n1. The van der Waals surface area contributed by atoms with Crippen LogP contribution in [-0.2, 0) is 7.05 Å². The Hall–Kier alpha value is -3.02. The summed E-state index contributed by atoms with van der Waals surface area (Å²) in [6, 6.07) is 2.04. The van der Waals surface area contributed by atoms with Crippen LogP contribution >= 0.6 is 0 Å². The molecule has 0 atom stereocenters. The maximum absolute atomic E-state index is 13.6. The van der Waals surface area contributed by atoms with E-state index in [1.54, 1.807) is 6.07 Å². The highest BCUT2D eigenvalue weighted by Gasteiger charge is 2.23. The van der Waals surface area contributed by atoms with Gasteiger partial charge in [0.15, 0.2) is 23.2 Å². The number of halogens is 3. The van der Waals surface area contributed by atoms with Crippen LogP contribution in [-0.4, -0.2) is 20.8 Å². The van der Waals surface area contributed by atoms with E-state index >= 15 is 0 Å². The normalized spacial score (nSPS) is 10.2. The summed E-state index contributed by atoms with van der Waals surface area (Å²) in [4.78, 5) is 11.8. The molecule has 2 rings (SSSR count). The van der Waals surface area contributed by atoms with Crippen molar-refractivity contribution in [2.24, 2.45) is 7.05 Å². The van der Waals surface area contributed by atoms with Gasteiger partial charge >= 0.3 is 0 Å². The van der Waals surface area contributed by atoms with Gasteiger partial charge in [-0.2, -0.15) is 14.8 Å². The third kappa shape index (κ3) is 2.51. The van der Waals surface area contributed by atoms with Gasteiger partial charge in [0.05, 0.1) is 5.56 Å². The van der Waals surface area contributed by atoms with Gasteiger partial charge in [0.1, 0.15) is 11.6 Å². The molecule has 0 unspecified atom stereocenters. The second-order valence-electron chi connectivity index (χ2n) is 4.01. The number of hydrogen-bond acceptors (Lipinski definition) is 4. The third-order valence-corrected chi connectivity index (χ3v) is 2.56. The molecule has 0 aliphatic carbocycles. The van der Waals surface area contributed by atoms with E-state index in [4.69, 9.17) is 10.4 Å². The van der Waals surface area contributed by atoms with E-state index in [9.17, 15) is 18.0 Å². The molecule has 0 fully saturated rings. The highest BCUT2D eigenvalue weighted by Crippen LogP contribution is 2.26. The van der Waals surface area contributed by atoms with E-state index in [0.717, 1.165) is 0 Å². The molecule has 0 bridgehead atoms. The van der Waals surface area contributed by atoms with Crippen LogP contribution in [0.15, 0.2) is 12.3 Å². The predicted molar refractivity (Wildman–Crippen MR) is 63.9 cm³/mol. The lowest BCUT2D eigenvalue weighted by Gasteiger charge is -2.06. The fraction of sp³-hybridized carbons (Fsp3) is 0.0833. The van der Waals surface area contributed by atoms with Crippen LogP contribution in [0.3, 0.4) is 0 Å². The average Bonchev–Trinajstić information content (AvgIpc) is 2.80. The van der Waals surface area contributed by atoms with Crippen LogP contribution < -0.4 is 5.32 Å². The first kappa shape index (κ1) is 14.4. The number of carbonyl (C=O) groups is 1. The topological polar surface area (TPSA) is 90.9 Å². The highest BCUT2D eigenvalue weighted by atomic mass is 19.2. The van der Waals surface area contributed by atoms with Gasteiger partial charge in [-0.3, -0.25) is 9.48 Å². The first-order valence-electron chi connectivity index (χ1n) is 5.46. The van der Waals surface area contributed by atoms with E-state index in [-0.39, 0.29) is 11.4 Å². The summed E-state index contributed by atoms with van der Waals surface area (Å²) in [6.45, 7) is 0. The Morgan fingerprint density at radius 1 is 1.43 bits per heavy atom. The van der Waals surface area contributed by atoms with Gasteiger partial charge in [-0.25, -0.2) is 8.78 Å². The molecule has 2 N–H and O–H groups in total. The zero-order chi connectivity index (χ0) is 15.7. The molecule has 0 radical (unpaired) electrons. The highest BCUT2D eigenvalue weighted by molar-refractivity contribution is 6.04. The molecule has 1 aromatic carbocycles. The number of aryl methyl sites for hydroxylation is 1. The molecule has 1 heterocycles. The first-order chi connectivity index (χ1) is 9.85. The molecule has 108 valence electrons. The first-order valence-corrected chi connectivity index (χ1v) is 5.46. The predicted octanol–water partition coefficient (Wildman–Crippen LogP) is 1.67. The van der Waals surface area contributed by atoms with Crippen molar-refractivity contribution in [2.75, 3.05) is 5.32 Å². The number of hydrogen-bond donors (Lipinski definition) is 2. The minimum Gasteiger partial charge on any atom is -0.503 e. The molecular formula is C12H7F3N4O2. The van der Waals surface area contributed by atoms with E-state index in [1.807, 2.05) is 0 Å². The van der Waals surface area contributed by atoms with Crippen molar-refractivity contribution in [3.05, 3.63) is 40.8 Å². The van der Waals surface area contributed by atoms with Gasteiger partial charge in [0.25, 0.3) is 5.91 Å². The number of phenolic OH excluding ortho intramolecular Hbond substituents is 1. The van der Waals surface area contributed by atoms with Gasteiger partial charge in [0.2, 0.25) is 5.82 Å². The number of benzene rings is 1. The van der Waals surface area contributed by atoms with Gasteiger partial charge in [0, 0.05) is 13.2 Å². The van der Waals surface area contributed by atoms with E-state index in [0.29, 0.717) is 6.07 Å². The molecule has 1 amide bonds. The van der Waals surface area contributed by atoms with Gasteiger partial charge in [-0.1, -0.05) is 0 Å². The van der Waals surface area contributed by atoms with Crippen LogP contribution in [0.4, 0.5) is 19.0 Å². The number of aromatic nitrogens is 2.